The smallest absolute Gasteiger partial charge is 0.241 e. The zero-order chi connectivity index (χ0) is 20.8. The molecule has 2 fully saturated rings. The van der Waals surface area contributed by atoms with Gasteiger partial charge in [-0.1, -0.05) is 6.92 Å². The highest BCUT2D eigenvalue weighted by molar-refractivity contribution is 5.94. The number of β-amino-alcohol motifs (C(OH)–C–C–N with tert-alkyl or cyclic N) is 1. The lowest BCUT2D eigenvalue weighted by Crippen LogP contribution is -2.58. The molecule has 0 aliphatic carbocycles. The van der Waals surface area contributed by atoms with Gasteiger partial charge in [0.2, 0.25) is 5.91 Å². The third kappa shape index (κ3) is 5.93. The van der Waals surface area contributed by atoms with Gasteiger partial charge in [-0.25, -0.2) is 0 Å². The highest BCUT2D eigenvalue weighted by Crippen LogP contribution is 2.22. The van der Waals surface area contributed by atoms with Gasteiger partial charge in [-0.15, -0.1) is 0 Å². The van der Waals surface area contributed by atoms with Gasteiger partial charge >= 0.3 is 0 Å². The molecule has 0 aromatic heterocycles. The number of piperazine rings is 1. The molecule has 6 heteroatoms. The minimum absolute atomic E-state index is 0.0505. The molecule has 3 unspecified atom stereocenters. The topological polar surface area (TPSA) is 59.1 Å². The molecule has 162 valence electrons. The Kier molecular flexibility index (Phi) is 7.92. The van der Waals surface area contributed by atoms with Gasteiger partial charge in [0.05, 0.1) is 12.1 Å². The van der Waals surface area contributed by atoms with E-state index in [1.165, 1.54) is 24.9 Å². The molecule has 3 atom stereocenters. The summed E-state index contributed by atoms with van der Waals surface area (Å²) in [4.78, 5) is 19.9. The van der Waals surface area contributed by atoms with Crippen LogP contribution in [0.4, 0.5) is 11.4 Å². The fourth-order valence-electron chi connectivity index (χ4n) is 4.56. The van der Waals surface area contributed by atoms with Crippen LogP contribution in [0.2, 0.25) is 0 Å². The summed E-state index contributed by atoms with van der Waals surface area (Å²) in [6.45, 7) is 11.6. The Bertz CT molecular complexity index is 643. The van der Waals surface area contributed by atoms with Gasteiger partial charge in [0.1, 0.15) is 0 Å². The number of nitrogens with zero attached hydrogens (tertiary/aromatic N) is 3. The largest absolute Gasteiger partial charge is 0.392 e. The Balaban J connectivity index is 1.53. The summed E-state index contributed by atoms with van der Waals surface area (Å²) in [5.41, 5.74) is 2.11. The van der Waals surface area contributed by atoms with Crippen molar-refractivity contribution in [1.29, 1.82) is 0 Å². The van der Waals surface area contributed by atoms with Crippen molar-refractivity contribution in [2.24, 2.45) is 0 Å². The average molecular weight is 403 g/mol. The van der Waals surface area contributed by atoms with Crippen LogP contribution in [0.15, 0.2) is 24.3 Å². The molecular formula is C23H38N4O2. The van der Waals surface area contributed by atoms with Gasteiger partial charge in [0.25, 0.3) is 0 Å². The van der Waals surface area contributed by atoms with Gasteiger partial charge in [0, 0.05) is 56.7 Å². The molecule has 0 saturated carbocycles. The highest BCUT2D eigenvalue weighted by Gasteiger charge is 2.31. The number of rotatable bonds is 7. The second kappa shape index (κ2) is 10.4. The Labute approximate surface area is 175 Å². The summed E-state index contributed by atoms with van der Waals surface area (Å²) in [6.07, 6.45) is 4.56. The van der Waals surface area contributed by atoms with E-state index in [2.05, 4.69) is 39.1 Å². The predicted molar refractivity (Wildman–Crippen MR) is 120 cm³/mol. The fourth-order valence-corrected chi connectivity index (χ4v) is 4.56. The monoisotopic (exact) mass is 402 g/mol. The van der Waals surface area contributed by atoms with Gasteiger partial charge in [-0.05, 0) is 63.8 Å². The lowest BCUT2D eigenvalue weighted by molar-refractivity contribution is -0.122. The first kappa shape index (κ1) is 22.1. The number of carbonyl (C=O) groups is 1. The normalized spacial score (nSPS) is 23.6. The molecule has 1 aromatic carbocycles. The summed E-state index contributed by atoms with van der Waals surface area (Å²) in [5.74, 6) is 0.0505. The molecule has 0 spiro atoms. The molecular weight excluding hydrogens is 364 g/mol. The maximum Gasteiger partial charge on any atom is 0.241 e. The molecule has 2 heterocycles. The SMILES string of the molecule is CCC1CN(C(C)C(=O)Nc2ccc(N3CCCCC3)cc2)CCN1CC(C)O. The maximum atomic E-state index is 12.8. The van der Waals surface area contributed by atoms with Crippen molar-refractivity contribution in [2.75, 3.05) is 49.5 Å². The minimum atomic E-state index is -0.316. The molecule has 0 bridgehead atoms. The zero-order valence-corrected chi connectivity index (χ0v) is 18.3. The van der Waals surface area contributed by atoms with E-state index in [0.29, 0.717) is 12.6 Å². The molecule has 1 amide bonds. The Morgan fingerprint density at radius 2 is 1.79 bits per heavy atom. The third-order valence-corrected chi connectivity index (χ3v) is 6.39. The number of anilines is 2. The summed E-state index contributed by atoms with van der Waals surface area (Å²) in [7, 11) is 0. The minimum Gasteiger partial charge on any atom is -0.392 e. The van der Waals surface area contributed by atoms with Crippen molar-refractivity contribution >= 4 is 17.3 Å². The van der Waals surface area contributed by atoms with Crippen molar-refractivity contribution < 1.29 is 9.90 Å². The number of nitrogens with one attached hydrogen (secondary N) is 1. The number of carbonyl (C=O) groups excluding carboxylic acids is 1. The van der Waals surface area contributed by atoms with Crippen molar-refractivity contribution in [2.45, 2.75) is 64.6 Å². The second-order valence-corrected chi connectivity index (χ2v) is 8.66. The molecule has 6 nitrogen and oxygen atoms in total. The number of benzene rings is 1. The molecule has 29 heavy (non-hydrogen) atoms. The van der Waals surface area contributed by atoms with Crippen LogP contribution in [-0.4, -0.2) is 78.3 Å². The van der Waals surface area contributed by atoms with Gasteiger partial charge in [0.15, 0.2) is 0 Å². The molecule has 1 aromatic rings. The van der Waals surface area contributed by atoms with Gasteiger partial charge < -0.3 is 15.3 Å². The number of amides is 1. The van der Waals surface area contributed by atoms with Crippen molar-refractivity contribution in [3.05, 3.63) is 24.3 Å². The van der Waals surface area contributed by atoms with E-state index in [4.69, 9.17) is 0 Å². The number of aliphatic hydroxyl groups is 1. The van der Waals surface area contributed by atoms with Crippen LogP contribution in [0.3, 0.4) is 0 Å². The molecule has 2 aliphatic rings. The molecule has 2 aliphatic heterocycles. The lowest BCUT2D eigenvalue weighted by atomic mass is 10.1. The van der Waals surface area contributed by atoms with Crippen LogP contribution >= 0.6 is 0 Å². The quantitative estimate of drug-likeness (QED) is 0.734. The van der Waals surface area contributed by atoms with E-state index in [1.54, 1.807) is 0 Å². The second-order valence-electron chi connectivity index (χ2n) is 8.66. The van der Waals surface area contributed by atoms with Crippen molar-refractivity contribution in [3.63, 3.8) is 0 Å². The van der Waals surface area contributed by atoms with Gasteiger partial charge in [-0.3, -0.25) is 14.6 Å². The highest BCUT2D eigenvalue weighted by atomic mass is 16.3. The first-order valence-electron chi connectivity index (χ1n) is 11.3. The van der Waals surface area contributed by atoms with Crippen molar-refractivity contribution in [3.8, 4) is 0 Å². The van der Waals surface area contributed by atoms with E-state index in [0.717, 1.165) is 44.8 Å². The zero-order valence-electron chi connectivity index (χ0n) is 18.3. The Morgan fingerprint density at radius 1 is 1.10 bits per heavy atom. The third-order valence-electron chi connectivity index (χ3n) is 6.39. The Hall–Kier alpha value is -1.63. The lowest BCUT2D eigenvalue weighted by Gasteiger charge is -2.43. The summed E-state index contributed by atoms with van der Waals surface area (Å²) >= 11 is 0. The molecule has 2 N–H and O–H groups in total. The van der Waals surface area contributed by atoms with Crippen LogP contribution < -0.4 is 10.2 Å². The number of piperidine rings is 1. The Morgan fingerprint density at radius 3 is 2.41 bits per heavy atom. The van der Waals surface area contributed by atoms with Crippen LogP contribution in [0.25, 0.3) is 0 Å². The maximum absolute atomic E-state index is 12.8. The van der Waals surface area contributed by atoms with E-state index < -0.39 is 0 Å². The first-order valence-corrected chi connectivity index (χ1v) is 11.3. The molecule has 2 saturated heterocycles. The van der Waals surface area contributed by atoms with Crippen molar-refractivity contribution in [1.82, 2.24) is 9.80 Å². The molecule has 0 radical (unpaired) electrons. The first-order chi connectivity index (χ1) is 14.0. The van der Waals surface area contributed by atoms with Crippen LogP contribution in [-0.2, 0) is 4.79 Å². The number of hydrogen-bond donors (Lipinski definition) is 2. The van der Waals surface area contributed by atoms with Crippen LogP contribution in [0, 0.1) is 0 Å². The van der Waals surface area contributed by atoms with E-state index in [9.17, 15) is 9.90 Å². The summed E-state index contributed by atoms with van der Waals surface area (Å²) in [6, 6.07) is 8.49. The van der Waals surface area contributed by atoms with E-state index in [1.807, 2.05) is 26.0 Å². The summed E-state index contributed by atoms with van der Waals surface area (Å²) in [5, 5.41) is 12.8. The number of hydrogen-bond acceptors (Lipinski definition) is 5. The molecule has 3 rings (SSSR count). The van der Waals surface area contributed by atoms with Crippen LogP contribution in [0.5, 0.6) is 0 Å². The summed E-state index contributed by atoms with van der Waals surface area (Å²) < 4.78 is 0. The van der Waals surface area contributed by atoms with Gasteiger partial charge in [-0.2, -0.15) is 0 Å². The van der Waals surface area contributed by atoms with E-state index >= 15 is 0 Å². The number of aliphatic hydroxyl groups excluding tert-OH is 1. The standard InChI is InChI=1S/C23H38N4O2/c1-4-21-17-26(14-15-27(21)16-18(2)28)19(3)23(29)24-20-8-10-22(11-9-20)25-12-6-5-7-13-25/h8-11,18-19,21,28H,4-7,12-17H2,1-3H3,(H,24,29). The van der Waals surface area contributed by atoms with E-state index in [-0.39, 0.29) is 18.1 Å². The van der Waals surface area contributed by atoms with Crippen LogP contribution in [0.1, 0.15) is 46.5 Å². The fraction of sp³-hybridized carbons (Fsp3) is 0.696. The average Bonchev–Trinajstić information content (AvgIpc) is 2.74. The predicted octanol–water partition coefficient (Wildman–Crippen LogP) is 2.78.